The van der Waals surface area contributed by atoms with E-state index in [2.05, 4.69) is 4.90 Å². The zero-order valence-corrected chi connectivity index (χ0v) is 12.0. The number of hydrogen-bond donors (Lipinski definition) is 1. The van der Waals surface area contributed by atoms with Crippen LogP contribution in [0.1, 0.15) is 29.3 Å². The summed E-state index contributed by atoms with van der Waals surface area (Å²) in [6.07, 6.45) is 0.892. The van der Waals surface area contributed by atoms with Gasteiger partial charge in [0, 0.05) is 30.7 Å². The number of carbonyl (C=O) groups is 1. The van der Waals surface area contributed by atoms with E-state index in [1.165, 1.54) is 0 Å². The Kier molecular flexibility index (Phi) is 4.22. The molecule has 1 amide bonds. The lowest BCUT2D eigenvalue weighted by atomic mass is 10.1. The average Bonchev–Trinajstić information content (AvgIpc) is 2.69. The van der Waals surface area contributed by atoms with Gasteiger partial charge in [0.15, 0.2) is 0 Å². The number of likely N-dealkylation sites (tertiary alicyclic amines) is 1. The van der Waals surface area contributed by atoms with Crippen LogP contribution in [0.3, 0.4) is 0 Å². The summed E-state index contributed by atoms with van der Waals surface area (Å²) >= 11 is 0. The van der Waals surface area contributed by atoms with E-state index in [4.69, 9.17) is 5.73 Å². The first-order valence-electron chi connectivity index (χ1n) is 6.80. The van der Waals surface area contributed by atoms with Crippen molar-refractivity contribution < 1.29 is 4.79 Å². The van der Waals surface area contributed by atoms with Crippen molar-refractivity contribution in [3.05, 3.63) is 35.4 Å². The van der Waals surface area contributed by atoms with Crippen LogP contribution >= 0.6 is 0 Å². The first kappa shape index (κ1) is 14.0. The predicted molar refractivity (Wildman–Crippen MR) is 76.9 cm³/mol. The standard InChI is InChI=1S/C15H23N3O/c1-11-14(16)8-9-18(11)15(19)13-7-5-4-6-12(13)10-17(2)3/h4-7,11,14H,8-10,16H2,1-3H3/t11-,14-/m0/s1. The highest BCUT2D eigenvalue weighted by Crippen LogP contribution is 2.21. The minimum Gasteiger partial charge on any atom is -0.334 e. The van der Waals surface area contributed by atoms with Crippen molar-refractivity contribution in [2.24, 2.45) is 5.73 Å². The molecule has 1 aromatic carbocycles. The van der Waals surface area contributed by atoms with Crippen LogP contribution in [-0.4, -0.2) is 48.4 Å². The minimum absolute atomic E-state index is 0.102. The second-order valence-electron chi connectivity index (χ2n) is 5.59. The van der Waals surface area contributed by atoms with Gasteiger partial charge in [-0.15, -0.1) is 0 Å². The van der Waals surface area contributed by atoms with Crippen molar-refractivity contribution in [1.29, 1.82) is 0 Å². The van der Waals surface area contributed by atoms with Gasteiger partial charge < -0.3 is 15.5 Å². The van der Waals surface area contributed by atoms with E-state index in [1.807, 2.05) is 50.2 Å². The lowest BCUT2D eigenvalue weighted by molar-refractivity contribution is 0.0740. The summed E-state index contributed by atoms with van der Waals surface area (Å²) in [4.78, 5) is 16.6. The van der Waals surface area contributed by atoms with Gasteiger partial charge in [-0.1, -0.05) is 18.2 Å². The van der Waals surface area contributed by atoms with Crippen molar-refractivity contribution in [1.82, 2.24) is 9.80 Å². The van der Waals surface area contributed by atoms with Crippen LogP contribution in [-0.2, 0) is 6.54 Å². The zero-order chi connectivity index (χ0) is 14.0. The molecule has 2 atom stereocenters. The minimum atomic E-state index is 0.102. The Balaban J connectivity index is 2.24. The molecular weight excluding hydrogens is 238 g/mol. The van der Waals surface area contributed by atoms with Crippen molar-refractivity contribution in [2.75, 3.05) is 20.6 Å². The maximum absolute atomic E-state index is 12.7. The summed E-state index contributed by atoms with van der Waals surface area (Å²) in [6.45, 7) is 3.57. The fraction of sp³-hybridized carbons (Fsp3) is 0.533. The van der Waals surface area contributed by atoms with Gasteiger partial charge in [0.1, 0.15) is 0 Å². The molecule has 0 bridgehead atoms. The Morgan fingerprint density at radius 2 is 2.11 bits per heavy atom. The second-order valence-corrected chi connectivity index (χ2v) is 5.59. The summed E-state index contributed by atoms with van der Waals surface area (Å²) in [6, 6.07) is 8.07. The van der Waals surface area contributed by atoms with E-state index in [-0.39, 0.29) is 18.0 Å². The smallest absolute Gasteiger partial charge is 0.254 e. The highest BCUT2D eigenvalue weighted by molar-refractivity contribution is 5.96. The van der Waals surface area contributed by atoms with Crippen LogP contribution in [0.25, 0.3) is 0 Å². The van der Waals surface area contributed by atoms with Crippen molar-refractivity contribution in [3.63, 3.8) is 0 Å². The normalized spacial score (nSPS) is 23.1. The van der Waals surface area contributed by atoms with Crippen LogP contribution in [0.2, 0.25) is 0 Å². The molecule has 0 unspecified atom stereocenters. The molecule has 0 saturated carbocycles. The molecule has 2 N–H and O–H groups in total. The molecule has 1 fully saturated rings. The summed E-state index contributed by atoms with van der Waals surface area (Å²) in [5.41, 5.74) is 7.88. The lowest BCUT2D eigenvalue weighted by Crippen LogP contribution is -2.40. The molecule has 4 nitrogen and oxygen atoms in total. The Morgan fingerprint density at radius 3 is 2.68 bits per heavy atom. The highest BCUT2D eigenvalue weighted by Gasteiger charge is 2.32. The lowest BCUT2D eigenvalue weighted by Gasteiger charge is -2.25. The van der Waals surface area contributed by atoms with Gasteiger partial charge in [0.25, 0.3) is 5.91 Å². The molecule has 0 spiro atoms. The monoisotopic (exact) mass is 261 g/mol. The Morgan fingerprint density at radius 1 is 1.42 bits per heavy atom. The van der Waals surface area contributed by atoms with Crippen LogP contribution in [0.4, 0.5) is 0 Å². The van der Waals surface area contributed by atoms with Crippen LogP contribution < -0.4 is 5.73 Å². The van der Waals surface area contributed by atoms with Gasteiger partial charge in [-0.2, -0.15) is 0 Å². The Labute approximate surface area is 115 Å². The van der Waals surface area contributed by atoms with E-state index in [0.29, 0.717) is 0 Å². The van der Waals surface area contributed by atoms with E-state index in [9.17, 15) is 4.79 Å². The number of rotatable bonds is 3. The number of nitrogens with zero attached hydrogens (tertiary/aromatic N) is 2. The summed E-state index contributed by atoms with van der Waals surface area (Å²) in [5.74, 6) is 0.109. The molecule has 104 valence electrons. The third-order valence-electron chi connectivity index (χ3n) is 3.81. The quantitative estimate of drug-likeness (QED) is 0.892. The number of amides is 1. The average molecular weight is 261 g/mol. The molecule has 1 saturated heterocycles. The third-order valence-corrected chi connectivity index (χ3v) is 3.81. The van der Waals surface area contributed by atoms with Crippen LogP contribution in [0.15, 0.2) is 24.3 Å². The van der Waals surface area contributed by atoms with E-state index >= 15 is 0 Å². The van der Waals surface area contributed by atoms with E-state index < -0.39 is 0 Å². The fourth-order valence-electron chi connectivity index (χ4n) is 2.61. The molecule has 1 heterocycles. The van der Waals surface area contributed by atoms with Crippen LogP contribution in [0.5, 0.6) is 0 Å². The zero-order valence-electron chi connectivity index (χ0n) is 12.0. The topological polar surface area (TPSA) is 49.6 Å². The predicted octanol–water partition coefficient (Wildman–Crippen LogP) is 1.31. The van der Waals surface area contributed by atoms with Gasteiger partial charge in [-0.25, -0.2) is 0 Å². The van der Waals surface area contributed by atoms with Gasteiger partial charge in [0.05, 0.1) is 0 Å². The highest BCUT2D eigenvalue weighted by atomic mass is 16.2. The SMILES string of the molecule is C[C@H]1[C@@H](N)CCN1C(=O)c1ccccc1CN(C)C. The molecule has 4 heteroatoms. The van der Waals surface area contributed by atoms with Crippen LogP contribution in [0, 0.1) is 0 Å². The molecule has 2 rings (SSSR count). The second kappa shape index (κ2) is 5.72. The summed E-state index contributed by atoms with van der Waals surface area (Å²) < 4.78 is 0. The fourth-order valence-corrected chi connectivity index (χ4v) is 2.61. The molecule has 0 aromatic heterocycles. The number of nitrogens with two attached hydrogens (primary N) is 1. The molecule has 1 aliphatic heterocycles. The van der Waals surface area contributed by atoms with Gasteiger partial charge in [-0.3, -0.25) is 4.79 Å². The molecule has 19 heavy (non-hydrogen) atoms. The Bertz CT molecular complexity index is 458. The first-order chi connectivity index (χ1) is 9.00. The first-order valence-corrected chi connectivity index (χ1v) is 6.80. The van der Waals surface area contributed by atoms with Crippen molar-refractivity contribution in [3.8, 4) is 0 Å². The van der Waals surface area contributed by atoms with Crippen molar-refractivity contribution >= 4 is 5.91 Å². The molecular formula is C15H23N3O. The molecule has 1 aliphatic rings. The van der Waals surface area contributed by atoms with Gasteiger partial charge >= 0.3 is 0 Å². The number of hydrogen-bond acceptors (Lipinski definition) is 3. The Hall–Kier alpha value is -1.39. The molecule has 0 radical (unpaired) electrons. The largest absolute Gasteiger partial charge is 0.334 e. The molecule has 1 aromatic rings. The number of carbonyl (C=O) groups excluding carboxylic acids is 1. The van der Waals surface area contributed by atoms with E-state index in [1.54, 1.807) is 0 Å². The van der Waals surface area contributed by atoms with Crippen molar-refractivity contribution in [2.45, 2.75) is 32.0 Å². The summed E-state index contributed by atoms with van der Waals surface area (Å²) in [7, 11) is 4.02. The van der Waals surface area contributed by atoms with E-state index in [0.717, 1.165) is 30.6 Å². The third kappa shape index (κ3) is 2.96. The molecule has 0 aliphatic carbocycles. The maximum atomic E-state index is 12.7. The number of benzene rings is 1. The van der Waals surface area contributed by atoms with Gasteiger partial charge in [0.2, 0.25) is 0 Å². The summed E-state index contributed by atoms with van der Waals surface area (Å²) in [5, 5.41) is 0. The maximum Gasteiger partial charge on any atom is 0.254 e. The van der Waals surface area contributed by atoms with Gasteiger partial charge in [-0.05, 0) is 39.1 Å².